The molecule has 18 nitrogen and oxygen atoms in total. The zero-order chi connectivity index (χ0) is 27.7. The van der Waals surface area contributed by atoms with E-state index in [4.69, 9.17) is 76.3 Å². The first-order chi connectivity index (χ1) is 12.6. The summed E-state index contributed by atoms with van der Waals surface area (Å²) < 4.78 is 121. The summed E-state index contributed by atoms with van der Waals surface area (Å²) in [6, 6.07) is 0. The first-order valence-corrected chi connectivity index (χ1v) is 13.9. The fraction of sp³-hybridized carbons (Fsp3) is 0. The van der Waals surface area contributed by atoms with Crippen LogP contribution in [0, 0.1) is 0 Å². The van der Waals surface area contributed by atoms with Gasteiger partial charge in [0.05, 0.1) is 5.41 Å². The van der Waals surface area contributed by atoms with E-state index in [1.54, 1.807) is 0 Å². The molecular weight excluding hydrogens is 601 g/mol. The monoisotopic (exact) mass is 614 g/mol. The minimum Gasteiger partial charge on any atom is -0.753 e. The van der Waals surface area contributed by atoms with Gasteiger partial charge in [0.1, 0.15) is 0 Å². The third-order valence-corrected chi connectivity index (χ3v) is 0.632. The molecule has 0 aromatic rings. The molecule has 0 aromatic carbocycles. The van der Waals surface area contributed by atoms with Gasteiger partial charge in [-0.3, -0.25) is 48.3 Å². The molecule has 0 rings (SSSR count). The number of hydrogen-bond donors (Lipinski definition) is 10. The number of rotatable bonds is 1. The molecule has 0 radical (unpaired) electrons. The van der Waals surface area contributed by atoms with Gasteiger partial charge in [-0.2, -0.15) is 12.6 Å². The van der Waals surface area contributed by atoms with Crippen LogP contribution < -0.4 is 23.8 Å². The molecular formula is C2H13F5LiO18P5S. The van der Waals surface area contributed by atoms with Gasteiger partial charge in [0.25, 0.3) is 10.1 Å². The van der Waals surface area contributed by atoms with Crippen molar-refractivity contribution in [3.8, 4) is 0 Å². The van der Waals surface area contributed by atoms with Crippen molar-refractivity contribution in [3.63, 3.8) is 0 Å². The second-order valence-corrected chi connectivity index (χ2v) is 9.07. The molecule has 1 unspecified atom stereocenters. The molecule has 0 bridgehead atoms. The predicted molar refractivity (Wildman–Crippen MR) is 85.3 cm³/mol. The van der Waals surface area contributed by atoms with Gasteiger partial charge in [-0.25, -0.2) is 18.3 Å². The molecule has 1 atom stereocenters. The number of hydrogen-bond acceptors (Lipinski definition) is 8. The van der Waals surface area contributed by atoms with Crippen molar-refractivity contribution in [2.75, 3.05) is 0 Å². The van der Waals surface area contributed by atoms with Crippen molar-refractivity contribution in [1.29, 1.82) is 0 Å². The average molecular weight is 614 g/mol. The fourth-order valence-electron chi connectivity index (χ4n) is 0. The van der Waals surface area contributed by atoms with Crippen LogP contribution in [0.25, 0.3) is 0 Å². The Labute approximate surface area is 186 Å². The van der Waals surface area contributed by atoms with Gasteiger partial charge in [0.2, 0.25) is 0 Å². The third-order valence-electron chi connectivity index (χ3n) is 0.211. The van der Waals surface area contributed by atoms with Crippen molar-refractivity contribution in [2.45, 2.75) is 0 Å². The molecule has 0 aliphatic carbocycles. The van der Waals surface area contributed by atoms with E-state index in [0.717, 1.165) is 0 Å². The van der Waals surface area contributed by atoms with Crippen LogP contribution in [0.4, 0.5) is 21.0 Å². The van der Waals surface area contributed by atoms with Gasteiger partial charge >= 0.3 is 58.4 Å². The minimum absolute atomic E-state index is 0. The zero-order valence-electron chi connectivity index (χ0n) is 14.6. The summed E-state index contributed by atoms with van der Waals surface area (Å²) in [6.07, 6.45) is 0. The Hall–Kier alpha value is 0.647. The van der Waals surface area contributed by atoms with Gasteiger partial charge in [-0.15, -0.1) is 16.8 Å². The maximum atomic E-state index is 10.4. The summed E-state index contributed by atoms with van der Waals surface area (Å²) in [5.41, 5.74) is 0. The molecule has 0 saturated carbocycles. The first kappa shape index (κ1) is 49.7. The van der Waals surface area contributed by atoms with Crippen LogP contribution in [0.15, 0.2) is 12.0 Å². The normalized spacial score (nSPS) is 12.8. The molecule has 0 aliphatic heterocycles. The van der Waals surface area contributed by atoms with E-state index in [1.165, 1.54) is 0 Å². The summed E-state index contributed by atoms with van der Waals surface area (Å²) in [4.78, 5) is 71.1. The maximum Gasteiger partial charge on any atom is 1.00 e. The van der Waals surface area contributed by atoms with Gasteiger partial charge in [0, 0.05) is 0 Å². The van der Waals surface area contributed by atoms with Crippen molar-refractivity contribution < 1.29 is 125 Å². The van der Waals surface area contributed by atoms with E-state index in [1.807, 2.05) is 0 Å². The molecule has 0 heterocycles. The molecule has 10 N–H and O–H groups in total. The topological polar surface area (TPSA) is 345 Å². The Bertz CT molecular complexity index is 631. The number of halogens is 5. The quantitative estimate of drug-likeness (QED) is 0.0596. The Balaban J connectivity index is -0.0000000467. The Morgan fingerprint density at radius 3 is 0.656 bits per heavy atom. The van der Waals surface area contributed by atoms with Gasteiger partial charge in [-0.1, -0.05) is 6.58 Å². The minimum atomic E-state index is -5.39. The largest absolute Gasteiger partial charge is 1.00 e. The van der Waals surface area contributed by atoms with Crippen molar-refractivity contribution in [2.24, 2.45) is 0 Å². The summed E-state index contributed by atoms with van der Waals surface area (Å²) >= 11 is 0. The van der Waals surface area contributed by atoms with Crippen LogP contribution in [0.5, 0.6) is 0 Å². The Morgan fingerprint density at radius 1 is 0.625 bits per heavy atom. The summed E-state index contributed by atoms with van der Waals surface area (Å²) in [5.74, 6) is 0. The van der Waals surface area contributed by atoms with Crippen molar-refractivity contribution >= 4 is 49.7 Å². The van der Waals surface area contributed by atoms with Crippen molar-refractivity contribution in [3.05, 3.63) is 12.0 Å². The molecule has 32 heavy (non-hydrogen) atoms. The van der Waals surface area contributed by atoms with E-state index < -0.39 is 49.7 Å². The molecule has 0 aromatic heterocycles. The second-order valence-electron chi connectivity index (χ2n) is 3.02. The average Bonchev–Trinajstić information content (AvgIpc) is 2.14. The van der Waals surface area contributed by atoms with Crippen LogP contribution in [-0.4, -0.2) is 57.0 Å². The van der Waals surface area contributed by atoms with Crippen LogP contribution >= 0.6 is 39.5 Å². The predicted octanol–water partition coefficient (Wildman–Crippen LogP) is -3.37. The Morgan fingerprint density at radius 2 is 0.656 bits per heavy atom. The smallest absolute Gasteiger partial charge is 0.753 e. The standard InChI is InChI=1S/C2H4O3S.5FH2O3P.Li/c1-2-6(3,4)5;5*1-5(2,3)4;/h2H,1H2,(H,3,4,5);5*(H2,2,3,4);/q;;;;;;+1/p-1. The Kier molecular flexibility index (Phi) is 32.6. The second kappa shape index (κ2) is 21.0. The molecule has 0 spiro atoms. The van der Waals surface area contributed by atoms with Gasteiger partial charge < -0.3 is 9.79 Å². The van der Waals surface area contributed by atoms with E-state index >= 15 is 0 Å². The third kappa shape index (κ3) is 2020. The summed E-state index contributed by atoms with van der Waals surface area (Å²) in [5, 5.41) is 0.465. The molecule has 0 saturated heterocycles. The van der Waals surface area contributed by atoms with Gasteiger partial charge in [0.15, 0.2) is 0 Å². The SMILES string of the molecule is C=CS(=O)(=O)O.O=P(O)(O)F.O=P(O)(O)F.O=P(O)(O)F.O=P(O)(O)F.O=P([O-])(O)F.[Li+]. The van der Waals surface area contributed by atoms with Crippen LogP contribution in [0.3, 0.4) is 0 Å². The molecule has 196 valence electrons. The van der Waals surface area contributed by atoms with E-state index in [0.29, 0.717) is 5.41 Å². The van der Waals surface area contributed by atoms with Crippen molar-refractivity contribution in [1.82, 2.24) is 0 Å². The van der Waals surface area contributed by atoms with E-state index in [2.05, 4.69) is 6.58 Å². The summed E-state index contributed by atoms with van der Waals surface area (Å²) in [6.45, 7) is 2.79. The van der Waals surface area contributed by atoms with Crippen LogP contribution in [-0.2, 0) is 32.9 Å². The van der Waals surface area contributed by atoms with E-state index in [9.17, 15) is 29.4 Å². The van der Waals surface area contributed by atoms with Crippen LogP contribution in [0.1, 0.15) is 0 Å². The van der Waals surface area contributed by atoms with Gasteiger partial charge in [-0.05, 0) is 0 Å². The molecule has 0 amide bonds. The molecule has 0 aliphatic rings. The maximum absolute atomic E-state index is 10.4. The molecule has 0 fully saturated rings. The van der Waals surface area contributed by atoms with Crippen LogP contribution in [0.2, 0.25) is 0 Å². The fourth-order valence-corrected chi connectivity index (χ4v) is 0. The molecule has 30 heteroatoms. The summed E-state index contributed by atoms with van der Waals surface area (Å²) in [7, 11) is -29.8. The van der Waals surface area contributed by atoms with E-state index in [-0.39, 0.29) is 18.9 Å². The zero-order valence-corrected chi connectivity index (χ0v) is 19.8. The first-order valence-electron chi connectivity index (χ1n) is 4.90.